The van der Waals surface area contributed by atoms with E-state index in [1.54, 1.807) is 12.3 Å². The van der Waals surface area contributed by atoms with E-state index in [1.165, 1.54) is 0 Å². The molecule has 0 saturated carbocycles. The van der Waals surface area contributed by atoms with Crippen LogP contribution in [0.1, 0.15) is 23.8 Å². The maximum atomic E-state index is 11.9. The van der Waals surface area contributed by atoms with Gasteiger partial charge in [0.2, 0.25) is 5.95 Å². The van der Waals surface area contributed by atoms with Gasteiger partial charge in [-0.1, -0.05) is 13.0 Å². The molecule has 0 atom stereocenters. The van der Waals surface area contributed by atoms with Crippen LogP contribution in [0.15, 0.2) is 48.8 Å². The lowest BCUT2D eigenvalue weighted by molar-refractivity contribution is 0.0983. The fraction of sp³-hybridized carbons (Fsp3) is 0.292. The van der Waals surface area contributed by atoms with Gasteiger partial charge >= 0.3 is 0 Å². The smallest absolute Gasteiger partial charge is 0.228 e. The molecule has 168 valence electrons. The van der Waals surface area contributed by atoms with Crippen molar-refractivity contribution in [3.63, 3.8) is 0 Å². The highest BCUT2D eigenvalue weighted by molar-refractivity contribution is 5.94. The third-order valence-electron chi connectivity index (χ3n) is 5.69. The summed E-state index contributed by atoms with van der Waals surface area (Å²) in [7, 11) is 1.93. The molecule has 4 heterocycles. The van der Waals surface area contributed by atoms with Crippen molar-refractivity contribution in [2.45, 2.75) is 13.3 Å². The molecule has 5 rings (SSSR count). The van der Waals surface area contributed by atoms with Crippen LogP contribution < -0.4 is 10.2 Å². The van der Waals surface area contributed by atoms with Gasteiger partial charge in [-0.15, -0.1) is 0 Å². The maximum Gasteiger partial charge on any atom is 0.228 e. The molecule has 1 aliphatic rings. The molecule has 0 aliphatic carbocycles. The largest absolute Gasteiger partial charge is 0.378 e. The number of hydrogen-bond acceptors (Lipinski definition) is 8. The van der Waals surface area contributed by atoms with Crippen LogP contribution in [0.5, 0.6) is 0 Å². The number of ether oxygens (including phenoxy) is 1. The summed E-state index contributed by atoms with van der Waals surface area (Å²) in [4.78, 5) is 27.9. The third kappa shape index (κ3) is 4.40. The molecule has 1 saturated heterocycles. The van der Waals surface area contributed by atoms with Crippen LogP contribution in [0, 0.1) is 0 Å². The number of hydrogen-bond donors (Lipinski definition) is 1. The highest BCUT2D eigenvalue weighted by Crippen LogP contribution is 2.28. The Morgan fingerprint density at radius 1 is 1.09 bits per heavy atom. The van der Waals surface area contributed by atoms with Gasteiger partial charge in [-0.2, -0.15) is 10.1 Å². The van der Waals surface area contributed by atoms with Crippen LogP contribution in [0.25, 0.3) is 22.2 Å². The van der Waals surface area contributed by atoms with Crippen molar-refractivity contribution in [2.75, 3.05) is 36.5 Å². The van der Waals surface area contributed by atoms with Gasteiger partial charge in [-0.05, 0) is 24.3 Å². The van der Waals surface area contributed by atoms with Crippen molar-refractivity contribution in [1.82, 2.24) is 24.7 Å². The van der Waals surface area contributed by atoms with Crippen LogP contribution in [0.2, 0.25) is 0 Å². The van der Waals surface area contributed by atoms with Gasteiger partial charge in [-0.3, -0.25) is 14.5 Å². The standard InChI is InChI=1S/C24H25N7O2/c1-3-22(32)19-6-5-18(15-25-19)27-23-13-20(28-24(29-23)31-8-10-33-11-9-31)16-4-7-21-17(12-16)14-26-30(21)2/h4-7,12-15H,3,8-11H2,1-2H3,(H,27,28,29). The van der Waals surface area contributed by atoms with Crippen molar-refractivity contribution < 1.29 is 9.53 Å². The zero-order chi connectivity index (χ0) is 22.8. The first-order valence-electron chi connectivity index (χ1n) is 11.0. The maximum absolute atomic E-state index is 11.9. The molecule has 0 bridgehead atoms. The first kappa shape index (κ1) is 21.0. The molecule has 3 aromatic heterocycles. The number of aryl methyl sites for hydroxylation is 1. The summed E-state index contributed by atoms with van der Waals surface area (Å²) < 4.78 is 7.35. The molecule has 1 aliphatic heterocycles. The van der Waals surface area contributed by atoms with Crippen molar-refractivity contribution in [2.24, 2.45) is 7.05 Å². The van der Waals surface area contributed by atoms with Gasteiger partial charge in [0, 0.05) is 43.6 Å². The van der Waals surface area contributed by atoms with Crippen LogP contribution in [-0.4, -0.2) is 56.8 Å². The summed E-state index contributed by atoms with van der Waals surface area (Å²) >= 11 is 0. The van der Waals surface area contributed by atoms with Gasteiger partial charge in [-0.25, -0.2) is 4.98 Å². The van der Waals surface area contributed by atoms with E-state index in [-0.39, 0.29) is 5.78 Å². The highest BCUT2D eigenvalue weighted by Gasteiger charge is 2.17. The minimum Gasteiger partial charge on any atom is -0.378 e. The number of benzene rings is 1. The van der Waals surface area contributed by atoms with E-state index in [2.05, 4.69) is 32.4 Å². The molecule has 0 amide bonds. The second-order valence-electron chi connectivity index (χ2n) is 7.91. The summed E-state index contributed by atoms with van der Waals surface area (Å²) in [5.41, 5.74) is 4.07. The van der Waals surface area contributed by atoms with E-state index in [0.717, 1.165) is 40.9 Å². The van der Waals surface area contributed by atoms with Gasteiger partial charge in [0.15, 0.2) is 5.78 Å². The minimum atomic E-state index is 0.0197. The molecule has 0 radical (unpaired) electrons. The summed E-state index contributed by atoms with van der Waals surface area (Å²) in [6, 6.07) is 11.7. The number of pyridine rings is 1. The lowest BCUT2D eigenvalue weighted by Crippen LogP contribution is -2.37. The number of carbonyl (C=O) groups excluding carboxylic acids is 1. The molecule has 1 N–H and O–H groups in total. The fourth-order valence-electron chi connectivity index (χ4n) is 3.84. The second-order valence-corrected chi connectivity index (χ2v) is 7.91. The average molecular weight is 444 g/mol. The van der Waals surface area contributed by atoms with Gasteiger partial charge < -0.3 is 15.0 Å². The summed E-state index contributed by atoms with van der Waals surface area (Å²) in [6.45, 7) is 4.60. The zero-order valence-electron chi connectivity index (χ0n) is 18.7. The van der Waals surface area contributed by atoms with Gasteiger partial charge in [0.05, 0.1) is 42.5 Å². The van der Waals surface area contributed by atoms with Crippen molar-refractivity contribution >= 4 is 34.1 Å². The van der Waals surface area contributed by atoms with E-state index in [0.29, 0.717) is 37.1 Å². The van der Waals surface area contributed by atoms with Crippen LogP contribution in [0.3, 0.4) is 0 Å². The highest BCUT2D eigenvalue weighted by atomic mass is 16.5. The number of carbonyl (C=O) groups is 1. The Morgan fingerprint density at radius 3 is 2.70 bits per heavy atom. The number of morpholine rings is 1. The molecule has 1 aromatic carbocycles. The van der Waals surface area contributed by atoms with E-state index >= 15 is 0 Å². The summed E-state index contributed by atoms with van der Waals surface area (Å²) in [6.07, 6.45) is 3.94. The molecule has 4 aromatic rings. The third-order valence-corrected chi connectivity index (χ3v) is 5.69. The Balaban J connectivity index is 1.51. The molecular formula is C24H25N7O2. The lowest BCUT2D eigenvalue weighted by atomic mass is 10.1. The molecule has 9 nitrogen and oxygen atoms in total. The zero-order valence-corrected chi connectivity index (χ0v) is 18.7. The summed E-state index contributed by atoms with van der Waals surface area (Å²) in [5, 5.41) is 8.71. The number of anilines is 3. The molecule has 0 unspecified atom stereocenters. The fourth-order valence-corrected chi connectivity index (χ4v) is 3.84. The van der Waals surface area contributed by atoms with Crippen molar-refractivity contribution in [3.05, 3.63) is 54.5 Å². The minimum absolute atomic E-state index is 0.0197. The molecule has 33 heavy (non-hydrogen) atoms. The Kier molecular flexibility index (Phi) is 5.70. The monoisotopic (exact) mass is 443 g/mol. The first-order valence-corrected chi connectivity index (χ1v) is 11.0. The number of nitrogens with one attached hydrogen (secondary N) is 1. The van der Waals surface area contributed by atoms with Crippen molar-refractivity contribution in [3.8, 4) is 11.3 Å². The Hall–Kier alpha value is -3.85. The number of rotatable bonds is 6. The number of ketones is 1. The van der Waals surface area contributed by atoms with Crippen molar-refractivity contribution in [1.29, 1.82) is 0 Å². The topological polar surface area (TPSA) is 98.1 Å². The SMILES string of the molecule is CCC(=O)c1ccc(Nc2cc(-c3ccc4c(cnn4C)c3)nc(N3CCOCC3)n2)cn1. The lowest BCUT2D eigenvalue weighted by Gasteiger charge is -2.27. The number of nitrogens with zero attached hydrogens (tertiary/aromatic N) is 6. The van der Waals surface area contributed by atoms with Crippen LogP contribution in [0.4, 0.5) is 17.5 Å². The van der Waals surface area contributed by atoms with E-state index < -0.39 is 0 Å². The number of fused-ring (bicyclic) bond motifs is 1. The summed E-state index contributed by atoms with van der Waals surface area (Å²) in [5.74, 6) is 1.32. The molecule has 1 fully saturated rings. The van der Waals surface area contributed by atoms with E-state index in [9.17, 15) is 4.79 Å². The van der Waals surface area contributed by atoms with Gasteiger partial charge in [0.1, 0.15) is 11.5 Å². The van der Waals surface area contributed by atoms with Gasteiger partial charge in [0.25, 0.3) is 0 Å². The normalized spacial score (nSPS) is 13.9. The molecule has 9 heteroatoms. The van der Waals surface area contributed by atoms with Crippen LogP contribution >= 0.6 is 0 Å². The average Bonchev–Trinajstić information content (AvgIpc) is 3.24. The first-order chi connectivity index (χ1) is 16.1. The van der Waals surface area contributed by atoms with E-state index in [1.807, 2.05) is 43.0 Å². The Morgan fingerprint density at radius 2 is 1.94 bits per heavy atom. The predicted octanol–water partition coefficient (Wildman–Crippen LogP) is 3.60. The quantitative estimate of drug-likeness (QED) is 0.452. The molecule has 0 spiro atoms. The number of Topliss-reactive ketones (excluding diaryl/α,β-unsaturated/α-hetero) is 1. The number of aromatic nitrogens is 5. The Labute approximate surface area is 191 Å². The van der Waals surface area contributed by atoms with Crippen LogP contribution in [-0.2, 0) is 11.8 Å². The second kappa shape index (κ2) is 8.95. The predicted molar refractivity (Wildman–Crippen MR) is 127 cm³/mol. The Bertz CT molecular complexity index is 1290. The van der Waals surface area contributed by atoms with E-state index in [4.69, 9.17) is 14.7 Å². The molecular weight excluding hydrogens is 418 g/mol.